The standard InChI is InChI=1S/C25H24ClNO5/c1-16-11-21(22(28)15-31-25(29)12-18-7-9-19(26)10-8-18)17(2)27(16)13-20-14-30-23-5-3-4-6-24(23)32-20/h3-11,20H,12-15H2,1-2H3. The molecule has 3 aromatic rings. The second kappa shape index (κ2) is 9.49. The third-order valence-corrected chi connectivity index (χ3v) is 5.71. The van der Waals surface area contributed by atoms with Crippen molar-refractivity contribution in [3.05, 3.63) is 82.1 Å². The fourth-order valence-corrected chi connectivity index (χ4v) is 3.89. The van der Waals surface area contributed by atoms with Gasteiger partial charge in [0.05, 0.1) is 13.0 Å². The van der Waals surface area contributed by atoms with Gasteiger partial charge in [-0.25, -0.2) is 0 Å². The van der Waals surface area contributed by atoms with Crippen LogP contribution in [0.5, 0.6) is 11.5 Å². The van der Waals surface area contributed by atoms with Crippen molar-refractivity contribution in [3.8, 4) is 11.5 Å². The van der Waals surface area contributed by atoms with E-state index in [9.17, 15) is 9.59 Å². The molecular weight excluding hydrogens is 430 g/mol. The van der Waals surface area contributed by atoms with Gasteiger partial charge in [-0.3, -0.25) is 9.59 Å². The van der Waals surface area contributed by atoms with Crippen LogP contribution >= 0.6 is 11.6 Å². The molecule has 0 radical (unpaired) electrons. The van der Waals surface area contributed by atoms with Gasteiger partial charge in [0.25, 0.3) is 0 Å². The second-order valence-corrected chi connectivity index (χ2v) is 8.22. The first-order valence-corrected chi connectivity index (χ1v) is 10.8. The molecule has 1 aromatic heterocycles. The molecule has 1 unspecified atom stereocenters. The number of halogens is 1. The number of hydrogen-bond donors (Lipinski definition) is 0. The number of Topliss-reactive ketones (excluding diaryl/α,β-unsaturated/α-hetero) is 1. The molecule has 0 saturated carbocycles. The number of aromatic nitrogens is 1. The average molecular weight is 454 g/mol. The van der Waals surface area contributed by atoms with Crippen LogP contribution < -0.4 is 9.47 Å². The van der Waals surface area contributed by atoms with E-state index in [0.29, 0.717) is 23.7 Å². The summed E-state index contributed by atoms with van der Waals surface area (Å²) in [7, 11) is 0. The molecule has 1 atom stereocenters. The van der Waals surface area contributed by atoms with Gasteiger partial charge in [0, 0.05) is 22.0 Å². The van der Waals surface area contributed by atoms with Crippen molar-refractivity contribution >= 4 is 23.4 Å². The first-order chi connectivity index (χ1) is 15.4. The number of ether oxygens (including phenoxy) is 3. The molecule has 6 nitrogen and oxygen atoms in total. The van der Waals surface area contributed by atoms with Crippen molar-refractivity contribution in [3.63, 3.8) is 0 Å². The SMILES string of the molecule is Cc1cc(C(=O)COC(=O)Cc2ccc(Cl)cc2)c(C)n1CC1COc2ccccc2O1. The van der Waals surface area contributed by atoms with E-state index in [1.807, 2.05) is 48.7 Å². The minimum atomic E-state index is -0.458. The second-order valence-electron chi connectivity index (χ2n) is 7.78. The minimum Gasteiger partial charge on any atom is -0.486 e. The van der Waals surface area contributed by atoms with Gasteiger partial charge in [0.2, 0.25) is 5.78 Å². The normalized spacial score (nSPS) is 14.8. The van der Waals surface area contributed by atoms with Gasteiger partial charge in [0.15, 0.2) is 24.2 Å². The number of aryl methyl sites for hydroxylation is 1. The van der Waals surface area contributed by atoms with E-state index in [1.54, 1.807) is 24.3 Å². The molecule has 0 fully saturated rings. The van der Waals surface area contributed by atoms with Crippen molar-refractivity contribution in [1.29, 1.82) is 0 Å². The molecule has 4 rings (SSSR count). The van der Waals surface area contributed by atoms with Crippen molar-refractivity contribution in [2.24, 2.45) is 0 Å². The first kappa shape index (κ1) is 22.0. The van der Waals surface area contributed by atoms with Crippen molar-refractivity contribution in [2.75, 3.05) is 13.2 Å². The maximum absolute atomic E-state index is 12.7. The van der Waals surface area contributed by atoms with Gasteiger partial charge >= 0.3 is 5.97 Å². The highest BCUT2D eigenvalue weighted by molar-refractivity contribution is 6.30. The van der Waals surface area contributed by atoms with Crippen molar-refractivity contribution in [2.45, 2.75) is 32.9 Å². The summed E-state index contributed by atoms with van der Waals surface area (Å²) < 4.78 is 19.1. The maximum atomic E-state index is 12.7. The monoisotopic (exact) mass is 453 g/mol. The predicted octanol–water partition coefficient (Wildman–Crippen LogP) is 4.57. The van der Waals surface area contributed by atoms with Crippen LogP contribution in [0.2, 0.25) is 5.02 Å². The topological polar surface area (TPSA) is 66.8 Å². The van der Waals surface area contributed by atoms with Crippen molar-refractivity contribution in [1.82, 2.24) is 4.57 Å². The Kier molecular flexibility index (Phi) is 6.51. The quantitative estimate of drug-likeness (QED) is 0.387. The molecule has 1 aliphatic heterocycles. The molecule has 7 heteroatoms. The lowest BCUT2D eigenvalue weighted by Crippen LogP contribution is -2.33. The van der Waals surface area contributed by atoms with Crippen LogP contribution in [0.3, 0.4) is 0 Å². The van der Waals surface area contributed by atoms with Crippen LogP contribution in [0.25, 0.3) is 0 Å². The summed E-state index contributed by atoms with van der Waals surface area (Å²) in [6, 6.07) is 16.3. The highest BCUT2D eigenvalue weighted by atomic mass is 35.5. The van der Waals surface area contributed by atoms with Gasteiger partial charge in [0.1, 0.15) is 6.61 Å². The summed E-state index contributed by atoms with van der Waals surface area (Å²) in [5, 5.41) is 0.599. The maximum Gasteiger partial charge on any atom is 0.310 e. The van der Waals surface area contributed by atoms with E-state index >= 15 is 0 Å². The van der Waals surface area contributed by atoms with Crippen LogP contribution in [0, 0.1) is 13.8 Å². The molecule has 166 valence electrons. The number of hydrogen-bond acceptors (Lipinski definition) is 5. The van der Waals surface area contributed by atoms with E-state index in [1.165, 1.54) is 0 Å². The predicted molar refractivity (Wildman–Crippen MR) is 121 cm³/mol. The van der Waals surface area contributed by atoms with Crippen LogP contribution in [0.4, 0.5) is 0 Å². The van der Waals surface area contributed by atoms with Crippen LogP contribution in [0.15, 0.2) is 54.6 Å². The lowest BCUT2D eigenvalue weighted by Gasteiger charge is -2.27. The molecule has 0 bridgehead atoms. The molecule has 2 heterocycles. The number of carbonyl (C=O) groups excluding carboxylic acids is 2. The van der Waals surface area contributed by atoms with Crippen LogP contribution in [-0.2, 0) is 22.5 Å². The zero-order valence-electron chi connectivity index (χ0n) is 18.0. The Morgan fingerprint density at radius 3 is 2.56 bits per heavy atom. The fraction of sp³-hybridized carbons (Fsp3) is 0.280. The summed E-state index contributed by atoms with van der Waals surface area (Å²) in [6.07, 6.45) is -0.0842. The molecule has 0 saturated heterocycles. The number of para-hydroxylation sites is 2. The largest absolute Gasteiger partial charge is 0.486 e. The third kappa shape index (κ3) is 4.97. The molecule has 32 heavy (non-hydrogen) atoms. The zero-order valence-corrected chi connectivity index (χ0v) is 18.7. The summed E-state index contributed by atoms with van der Waals surface area (Å²) >= 11 is 5.85. The number of nitrogens with zero attached hydrogens (tertiary/aromatic N) is 1. The Labute approximate surface area is 191 Å². The molecule has 0 spiro atoms. The van der Waals surface area contributed by atoms with Gasteiger partial charge in [-0.2, -0.15) is 0 Å². The molecule has 0 amide bonds. The van der Waals surface area contributed by atoms with E-state index in [4.69, 9.17) is 25.8 Å². The summed E-state index contributed by atoms with van der Waals surface area (Å²) in [6.45, 7) is 4.50. The van der Waals surface area contributed by atoms with Gasteiger partial charge in [-0.15, -0.1) is 0 Å². The molecule has 2 aromatic carbocycles. The van der Waals surface area contributed by atoms with Gasteiger partial charge in [-0.1, -0.05) is 35.9 Å². The van der Waals surface area contributed by atoms with E-state index in [0.717, 1.165) is 28.5 Å². The first-order valence-electron chi connectivity index (χ1n) is 10.4. The minimum absolute atomic E-state index is 0.0873. The number of carbonyl (C=O) groups is 2. The molecule has 1 aliphatic rings. The van der Waals surface area contributed by atoms with Crippen LogP contribution in [-0.4, -0.2) is 35.6 Å². The fourth-order valence-electron chi connectivity index (χ4n) is 3.76. The molecule has 0 N–H and O–H groups in total. The number of esters is 1. The van der Waals surface area contributed by atoms with Crippen molar-refractivity contribution < 1.29 is 23.8 Å². The van der Waals surface area contributed by atoms with E-state index in [-0.39, 0.29) is 24.9 Å². The van der Waals surface area contributed by atoms with Gasteiger partial charge < -0.3 is 18.8 Å². The zero-order chi connectivity index (χ0) is 22.7. The Morgan fingerprint density at radius 2 is 1.81 bits per heavy atom. The number of rotatable bonds is 7. The highest BCUT2D eigenvalue weighted by Gasteiger charge is 2.24. The molecular formula is C25H24ClNO5. The van der Waals surface area contributed by atoms with E-state index < -0.39 is 5.97 Å². The Hall–Kier alpha value is -3.25. The Bertz CT molecular complexity index is 1140. The number of benzene rings is 2. The van der Waals surface area contributed by atoms with Gasteiger partial charge in [-0.05, 0) is 49.7 Å². The third-order valence-electron chi connectivity index (χ3n) is 5.45. The number of ketones is 1. The summed E-state index contributed by atoms with van der Waals surface area (Å²) in [5.74, 6) is 0.761. The lowest BCUT2D eigenvalue weighted by molar-refractivity contribution is -0.141. The Morgan fingerprint density at radius 1 is 1.09 bits per heavy atom. The number of fused-ring (bicyclic) bond motifs is 1. The average Bonchev–Trinajstić information content (AvgIpc) is 3.07. The summed E-state index contributed by atoms with van der Waals surface area (Å²) in [4.78, 5) is 24.8. The smallest absolute Gasteiger partial charge is 0.310 e. The van der Waals surface area contributed by atoms with E-state index in [2.05, 4.69) is 0 Å². The highest BCUT2D eigenvalue weighted by Crippen LogP contribution is 2.31. The Balaban J connectivity index is 1.36. The lowest BCUT2D eigenvalue weighted by atomic mass is 10.1. The van der Waals surface area contributed by atoms with Crippen LogP contribution in [0.1, 0.15) is 27.3 Å². The summed E-state index contributed by atoms with van der Waals surface area (Å²) in [5.41, 5.74) is 3.06. The molecule has 0 aliphatic carbocycles.